The first-order chi connectivity index (χ1) is 14.2. The predicted molar refractivity (Wildman–Crippen MR) is 112 cm³/mol. The van der Waals surface area contributed by atoms with Gasteiger partial charge in [0.05, 0.1) is 13.0 Å². The molecule has 1 heterocycles. The molecule has 3 atom stereocenters. The van der Waals surface area contributed by atoms with E-state index in [0.29, 0.717) is 5.75 Å². The third kappa shape index (κ3) is 5.95. The number of hydrogen-bond acceptors (Lipinski definition) is 7. The molecule has 7 heteroatoms. The molecule has 30 heavy (non-hydrogen) atoms. The van der Waals surface area contributed by atoms with Crippen LogP contribution in [0.2, 0.25) is 0 Å². The summed E-state index contributed by atoms with van der Waals surface area (Å²) in [7, 11) is 1.38. The number of ketones is 1. The average molecular weight is 415 g/mol. The first kappa shape index (κ1) is 23.2. The number of carbonyl (C=O) groups is 2. The van der Waals surface area contributed by atoms with E-state index < -0.39 is 23.8 Å². The van der Waals surface area contributed by atoms with Crippen molar-refractivity contribution in [2.75, 3.05) is 7.11 Å². The molecule has 2 rings (SSSR count). The third-order valence-corrected chi connectivity index (χ3v) is 4.70. The Morgan fingerprint density at radius 2 is 1.73 bits per heavy atom. The molecule has 1 aromatic heterocycles. The van der Waals surface area contributed by atoms with Crippen LogP contribution in [-0.4, -0.2) is 41.2 Å². The minimum atomic E-state index is -0.711. The van der Waals surface area contributed by atoms with E-state index in [9.17, 15) is 14.7 Å². The van der Waals surface area contributed by atoms with Crippen LogP contribution in [0.25, 0.3) is 0 Å². The molecule has 0 spiro atoms. The Balaban J connectivity index is 2.00. The lowest BCUT2D eigenvalue weighted by atomic mass is 10.0. The van der Waals surface area contributed by atoms with Crippen molar-refractivity contribution < 1.29 is 28.9 Å². The first-order valence-corrected chi connectivity index (χ1v) is 9.91. The number of aromatic nitrogens is 1. The highest BCUT2D eigenvalue weighted by Gasteiger charge is 2.29. The maximum absolute atomic E-state index is 12.6. The summed E-state index contributed by atoms with van der Waals surface area (Å²) in [6.45, 7) is 7.35. The van der Waals surface area contributed by atoms with Crippen molar-refractivity contribution in [2.24, 2.45) is 11.8 Å². The number of hydrogen-bond donors (Lipinski definition) is 1. The van der Waals surface area contributed by atoms with E-state index in [1.165, 1.54) is 19.4 Å². The summed E-state index contributed by atoms with van der Waals surface area (Å²) in [6, 6.07) is 10.8. The van der Waals surface area contributed by atoms with Crippen LogP contribution in [-0.2, 0) is 9.53 Å². The number of benzene rings is 1. The van der Waals surface area contributed by atoms with E-state index in [4.69, 9.17) is 14.2 Å². The molecule has 0 saturated carbocycles. The summed E-state index contributed by atoms with van der Waals surface area (Å²) in [4.78, 5) is 29.0. The number of carbonyl (C=O) groups excluding carboxylic acids is 2. The number of pyridine rings is 1. The van der Waals surface area contributed by atoms with E-state index in [1.54, 1.807) is 13.8 Å². The predicted octanol–water partition coefficient (Wildman–Crippen LogP) is 4.04. The number of aromatic hydroxyl groups is 1. The Morgan fingerprint density at radius 1 is 1.07 bits per heavy atom. The smallest absolute Gasteiger partial charge is 0.309 e. The molecule has 0 radical (unpaired) electrons. The molecule has 0 unspecified atom stereocenters. The molecule has 2 aromatic rings. The van der Waals surface area contributed by atoms with Gasteiger partial charge in [-0.2, -0.15) is 0 Å². The van der Waals surface area contributed by atoms with Gasteiger partial charge in [-0.05, 0) is 25.0 Å². The first-order valence-electron chi connectivity index (χ1n) is 9.91. The highest BCUT2D eigenvalue weighted by molar-refractivity contribution is 5.99. The molecular weight excluding hydrogens is 386 g/mol. The summed E-state index contributed by atoms with van der Waals surface area (Å²) in [6.07, 6.45) is 0.359. The molecule has 0 aliphatic heterocycles. The van der Waals surface area contributed by atoms with Crippen molar-refractivity contribution in [1.82, 2.24) is 4.98 Å². The Morgan fingerprint density at radius 3 is 2.33 bits per heavy atom. The van der Waals surface area contributed by atoms with Crippen molar-refractivity contribution in [3.63, 3.8) is 0 Å². The number of nitrogens with zero attached hydrogens (tertiary/aromatic N) is 1. The largest absolute Gasteiger partial charge is 0.503 e. The van der Waals surface area contributed by atoms with Crippen molar-refractivity contribution in [1.29, 1.82) is 0 Å². The second-order valence-electron chi connectivity index (χ2n) is 7.52. The average Bonchev–Trinajstić information content (AvgIpc) is 2.72. The Labute approximate surface area is 177 Å². The van der Waals surface area contributed by atoms with Crippen LogP contribution in [0.5, 0.6) is 17.2 Å². The minimum absolute atomic E-state index is 0.0999. The van der Waals surface area contributed by atoms with Gasteiger partial charge in [0.15, 0.2) is 23.0 Å². The van der Waals surface area contributed by atoms with Gasteiger partial charge in [-0.1, -0.05) is 39.0 Å². The number of methoxy groups -OCH3 is 1. The molecule has 0 bridgehead atoms. The topological polar surface area (TPSA) is 95.0 Å². The van der Waals surface area contributed by atoms with Gasteiger partial charge in [-0.3, -0.25) is 9.59 Å². The summed E-state index contributed by atoms with van der Waals surface area (Å²) >= 11 is 0. The van der Waals surface area contributed by atoms with Crippen LogP contribution in [0.1, 0.15) is 44.6 Å². The van der Waals surface area contributed by atoms with Gasteiger partial charge in [0.25, 0.3) is 0 Å². The molecule has 7 nitrogen and oxygen atoms in total. The molecule has 1 N–H and O–H groups in total. The molecular formula is C23H29NO6. The Kier molecular flexibility index (Phi) is 8.21. The second-order valence-corrected chi connectivity index (χ2v) is 7.52. The van der Waals surface area contributed by atoms with E-state index >= 15 is 0 Å². The molecule has 0 saturated heterocycles. The van der Waals surface area contributed by atoms with Crippen LogP contribution < -0.4 is 9.47 Å². The van der Waals surface area contributed by atoms with E-state index in [2.05, 4.69) is 4.98 Å². The Bertz CT molecular complexity index is 852. The summed E-state index contributed by atoms with van der Waals surface area (Å²) < 4.78 is 16.6. The molecule has 0 aliphatic rings. The van der Waals surface area contributed by atoms with Crippen LogP contribution in [0.3, 0.4) is 0 Å². The highest BCUT2D eigenvalue weighted by atomic mass is 16.6. The highest BCUT2D eigenvalue weighted by Crippen LogP contribution is 2.29. The lowest BCUT2D eigenvalue weighted by molar-refractivity contribution is -0.158. The van der Waals surface area contributed by atoms with Crippen molar-refractivity contribution >= 4 is 11.8 Å². The van der Waals surface area contributed by atoms with E-state index in [1.807, 2.05) is 44.2 Å². The second kappa shape index (κ2) is 10.6. The van der Waals surface area contributed by atoms with Gasteiger partial charge in [0.1, 0.15) is 18.0 Å². The molecule has 162 valence electrons. The van der Waals surface area contributed by atoms with Crippen LogP contribution in [0, 0.1) is 11.8 Å². The molecule has 1 aromatic carbocycles. The van der Waals surface area contributed by atoms with Gasteiger partial charge < -0.3 is 19.3 Å². The number of para-hydroxylation sites is 1. The van der Waals surface area contributed by atoms with Gasteiger partial charge >= 0.3 is 5.97 Å². The SMILES string of the molecule is COc1ccnc(C(=O)C[C@@H](C)C(=O)O[C@H](C)[C@H](Oc2ccccc2)C(C)C)c1O. The molecule has 0 aliphatic carbocycles. The van der Waals surface area contributed by atoms with E-state index in [0.717, 1.165) is 0 Å². The fraction of sp³-hybridized carbons (Fsp3) is 0.435. The maximum atomic E-state index is 12.6. The van der Waals surface area contributed by atoms with Crippen molar-refractivity contribution in [3.05, 3.63) is 48.3 Å². The van der Waals surface area contributed by atoms with Gasteiger partial charge in [0.2, 0.25) is 0 Å². The lowest BCUT2D eigenvalue weighted by Gasteiger charge is -2.29. The number of Topliss-reactive ketones (excluding diaryl/α,β-unsaturated/α-hetero) is 1. The van der Waals surface area contributed by atoms with Gasteiger partial charge in [0, 0.05) is 18.7 Å². The van der Waals surface area contributed by atoms with Gasteiger partial charge in [-0.15, -0.1) is 0 Å². The van der Waals surface area contributed by atoms with Gasteiger partial charge in [-0.25, -0.2) is 4.98 Å². The summed E-state index contributed by atoms with van der Waals surface area (Å²) in [5.41, 5.74) is -0.130. The quantitative estimate of drug-likeness (QED) is 0.462. The maximum Gasteiger partial charge on any atom is 0.309 e. The van der Waals surface area contributed by atoms with Crippen LogP contribution in [0.4, 0.5) is 0 Å². The summed E-state index contributed by atoms with van der Waals surface area (Å²) in [5.74, 6) is -1.09. The normalized spacial score (nSPS) is 13.9. The zero-order chi connectivity index (χ0) is 22.3. The molecule has 0 amide bonds. The number of ether oxygens (including phenoxy) is 3. The summed E-state index contributed by atoms with van der Waals surface area (Å²) in [5, 5.41) is 10.1. The lowest BCUT2D eigenvalue weighted by Crippen LogP contribution is -2.38. The van der Waals surface area contributed by atoms with E-state index in [-0.39, 0.29) is 35.6 Å². The third-order valence-electron chi connectivity index (χ3n) is 4.70. The van der Waals surface area contributed by atoms with Crippen LogP contribution >= 0.6 is 0 Å². The zero-order valence-corrected chi connectivity index (χ0v) is 18.0. The fourth-order valence-corrected chi connectivity index (χ4v) is 3.06. The monoisotopic (exact) mass is 415 g/mol. The van der Waals surface area contributed by atoms with Crippen molar-refractivity contribution in [3.8, 4) is 17.2 Å². The zero-order valence-electron chi connectivity index (χ0n) is 18.0. The Hall–Kier alpha value is -3.09. The standard InChI is InChI=1S/C23H29NO6/c1-14(2)22(30-17-9-7-6-8-10-17)16(4)29-23(27)15(3)13-18(25)20-21(26)19(28-5)11-12-24-20/h6-12,14-16,22,26H,13H2,1-5H3/t15-,16-,22-/m1/s1. The van der Waals surface area contributed by atoms with Crippen molar-refractivity contribution in [2.45, 2.75) is 46.3 Å². The number of rotatable bonds is 10. The minimum Gasteiger partial charge on any atom is -0.503 e. The fourth-order valence-electron chi connectivity index (χ4n) is 3.06. The van der Waals surface area contributed by atoms with Crippen LogP contribution in [0.15, 0.2) is 42.6 Å². The number of esters is 1. The molecule has 0 fully saturated rings.